The first-order chi connectivity index (χ1) is 15.2. The topological polar surface area (TPSA) is 88.6 Å². The minimum Gasteiger partial charge on any atom is -0.468 e. The molecule has 32 heavy (non-hydrogen) atoms. The predicted molar refractivity (Wildman–Crippen MR) is 109 cm³/mol. The summed E-state index contributed by atoms with van der Waals surface area (Å²) >= 11 is 0. The molecule has 11 heteroatoms. The highest BCUT2D eigenvalue weighted by Gasteiger charge is 2.37. The molecule has 4 rings (SSSR count). The van der Waals surface area contributed by atoms with Gasteiger partial charge in [-0.3, -0.25) is 9.69 Å². The van der Waals surface area contributed by atoms with E-state index in [1.54, 1.807) is 20.1 Å². The number of nitrogens with one attached hydrogen (secondary N) is 1. The molecule has 0 aliphatic carbocycles. The zero-order valence-electron chi connectivity index (χ0n) is 17.9. The van der Waals surface area contributed by atoms with Crippen molar-refractivity contribution in [3.63, 3.8) is 0 Å². The van der Waals surface area contributed by atoms with Gasteiger partial charge in [-0.1, -0.05) is 0 Å². The normalized spacial score (nSPS) is 16.0. The third-order valence-corrected chi connectivity index (χ3v) is 5.85. The number of carbonyl (C=O) groups is 1. The average Bonchev–Trinajstić information content (AvgIpc) is 3.49. The van der Waals surface area contributed by atoms with Crippen LogP contribution in [-0.2, 0) is 17.4 Å². The Morgan fingerprint density at radius 1 is 1.25 bits per heavy atom. The number of amides is 1. The lowest BCUT2D eigenvalue weighted by Crippen LogP contribution is -2.36. The fraction of sp³-hybridized carbons (Fsp3) is 0.524. The predicted octanol–water partition coefficient (Wildman–Crippen LogP) is 3.24. The second kappa shape index (κ2) is 8.89. The molecule has 3 aromatic rings. The Bertz CT molecular complexity index is 1090. The molecule has 4 heterocycles. The van der Waals surface area contributed by atoms with Gasteiger partial charge in [0, 0.05) is 24.4 Å². The van der Waals surface area contributed by atoms with Crippen molar-refractivity contribution < 1.29 is 22.4 Å². The third kappa shape index (κ3) is 4.62. The number of likely N-dealkylation sites (tertiary alicyclic amines) is 1. The molecular formula is C21H25F3N6O2. The molecule has 1 amide bonds. The summed E-state index contributed by atoms with van der Waals surface area (Å²) in [4.78, 5) is 22.5. The van der Waals surface area contributed by atoms with E-state index < -0.39 is 12.0 Å². The van der Waals surface area contributed by atoms with Gasteiger partial charge in [0.05, 0.1) is 12.3 Å². The Morgan fingerprint density at radius 3 is 2.66 bits per heavy atom. The number of carbonyl (C=O) groups excluding carboxylic acids is 1. The van der Waals surface area contributed by atoms with Gasteiger partial charge in [0.2, 0.25) is 5.91 Å². The molecule has 1 aliphatic rings. The van der Waals surface area contributed by atoms with Crippen molar-refractivity contribution in [3.05, 3.63) is 46.9 Å². The van der Waals surface area contributed by atoms with Gasteiger partial charge in [0.25, 0.3) is 11.6 Å². The van der Waals surface area contributed by atoms with Crippen LogP contribution in [0.3, 0.4) is 0 Å². The zero-order valence-corrected chi connectivity index (χ0v) is 17.9. The number of fused-ring (bicyclic) bond motifs is 1. The van der Waals surface area contributed by atoms with Crippen LogP contribution in [-0.4, -0.2) is 50.0 Å². The van der Waals surface area contributed by atoms with E-state index in [9.17, 15) is 18.0 Å². The Balaban J connectivity index is 1.42. The third-order valence-electron chi connectivity index (χ3n) is 5.85. The lowest BCUT2D eigenvalue weighted by Gasteiger charge is -2.26. The molecule has 1 saturated heterocycles. The second-order valence-corrected chi connectivity index (χ2v) is 7.98. The molecule has 1 fully saturated rings. The molecule has 172 valence electrons. The molecule has 0 bridgehead atoms. The number of aromatic nitrogens is 4. The summed E-state index contributed by atoms with van der Waals surface area (Å²) in [5.41, 5.74) is 1.72. The van der Waals surface area contributed by atoms with Gasteiger partial charge in [0.15, 0.2) is 0 Å². The zero-order chi connectivity index (χ0) is 22.9. The number of hydrogen-bond acceptors (Lipinski definition) is 6. The highest BCUT2D eigenvalue weighted by Crippen LogP contribution is 2.27. The van der Waals surface area contributed by atoms with Crippen LogP contribution in [0.25, 0.3) is 5.78 Å². The van der Waals surface area contributed by atoms with E-state index in [1.165, 1.54) is 0 Å². The minimum atomic E-state index is -4.64. The van der Waals surface area contributed by atoms with Crippen LogP contribution in [0, 0.1) is 13.8 Å². The van der Waals surface area contributed by atoms with Gasteiger partial charge in [-0.2, -0.15) is 18.2 Å². The van der Waals surface area contributed by atoms with Crippen molar-refractivity contribution in [1.82, 2.24) is 29.8 Å². The molecule has 3 aromatic heterocycles. The first-order valence-electron chi connectivity index (χ1n) is 10.6. The van der Waals surface area contributed by atoms with Gasteiger partial charge in [0.1, 0.15) is 5.76 Å². The summed E-state index contributed by atoms with van der Waals surface area (Å²) in [7, 11) is 0. The van der Waals surface area contributed by atoms with Gasteiger partial charge in [-0.15, -0.1) is 5.10 Å². The molecule has 0 radical (unpaired) electrons. The van der Waals surface area contributed by atoms with Crippen LogP contribution in [0.2, 0.25) is 0 Å². The smallest absolute Gasteiger partial charge is 0.453 e. The Labute approximate surface area is 182 Å². The molecule has 0 spiro atoms. The van der Waals surface area contributed by atoms with Crippen LogP contribution >= 0.6 is 0 Å². The SMILES string of the molecule is Cc1nc2nc(C(F)(F)F)nn2c(C)c1CCC(=O)NC[C@@H](c1ccco1)N1CCCC1. The summed E-state index contributed by atoms with van der Waals surface area (Å²) < 4.78 is 45.5. The number of hydrogen-bond donors (Lipinski definition) is 1. The molecule has 1 aliphatic heterocycles. The number of furan rings is 1. The van der Waals surface area contributed by atoms with Crippen LogP contribution in [0.1, 0.15) is 53.8 Å². The van der Waals surface area contributed by atoms with Gasteiger partial charge in [-0.05, 0) is 63.9 Å². The van der Waals surface area contributed by atoms with E-state index in [1.807, 2.05) is 12.1 Å². The van der Waals surface area contributed by atoms with Crippen LogP contribution in [0.15, 0.2) is 22.8 Å². The van der Waals surface area contributed by atoms with E-state index >= 15 is 0 Å². The summed E-state index contributed by atoms with van der Waals surface area (Å²) in [6.45, 7) is 5.71. The molecule has 0 saturated carbocycles. The largest absolute Gasteiger partial charge is 0.468 e. The lowest BCUT2D eigenvalue weighted by atomic mass is 10.1. The average molecular weight is 450 g/mol. The first kappa shape index (κ1) is 22.3. The number of rotatable bonds is 7. The fourth-order valence-corrected chi connectivity index (χ4v) is 4.17. The van der Waals surface area contributed by atoms with E-state index in [2.05, 4.69) is 25.3 Å². The van der Waals surface area contributed by atoms with Crippen molar-refractivity contribution in [2.24, 2.45) is 0 Å². The lowest BCUT2D eigenvalue weighted by molar-refractivity contribution is -0.144. The van der Waals surface area contributed by atoms with Gasteiger partial charge in [-0.25, -0.2) is 9.50 Å². The first-order valence-corrected chi connectivity index (χ1v) is 10.6. The van der Waals surface area contributed by atoms with Crippen molar-refractivity contribution in [1.29, 1.82) is 0 Å². The van der Waals surface area contributed by atoms with Crippen molar-refractivity contribution in [2.45, 2.75) is 51.7 Å². The summed E-state index contributed by atoms with van der Waals surface area (Å²) in [5, 5.41) is 6.52. The maximum atomic E-state index is 12.9. The number of aryl methyl sites for hydroxylation is 2. The standard InChI is InChI=1S/C21H25F3N6O2/c1-13-15(14(2)30-20(26-13)27-19(28-30)21(22,23)24)7-8-18(31)25-12-16(17-6-5-11-32-17)29-9-3-4-10-29/h5-6,11,16H,3-4,7-10,12H2,1-2H3,(H,25,31)/t16-/m0/s1. The monoisotopic (exact) mass is 450 g/mol. The molecule has 0 aromatic carbocycles. The van der Waals surface area contributed by atoms with Crippen LogP contribution < -0.4 is 5.32 Å². The molecule has 1 atom stereocenters. The van der Waals surface area contributed by atoms with E-state index in [4.69, 9.17) is 4.42 Å². The number of alkyl halides is 3. The fourth-order valence-electron chi connectivity index (χ4n) is 4.17. The van der Waals surface area contributed by atoms with E-state index in [0.717, 1.165) is 36.2 Å². The second-order valence-electron chi connectivity index (χ2n) is 7.98. The summed E-state index contributed by atoms with van der Waals surface area (Å²) in [6.07, 6.45) is -0.254. The Kier molecular flexibility index (Phi) is 6.18. The van der Waals surface area contributed by atoms with Crippen LogP contribution in [0.4, 0.5) is 13.2 Å². The highest BCUT2D eigenvalue weighted by atomic mass is 19.4. The Morgan fingerprint density at radius 2 is 2.00 bits per heavy atom. The quantitative estimate of drug-likeness (QED) is 0.595. The molecule has 0 unspecified atom stereocenters. The van der Waals surface area contributed by atoms with Crippen LogP contribution in [0.5, 0.6) is 0 Å². The maximum Gasteiger partial charge on any atom is 0.453 e. The van der Waals surface area contributed by atoms with E-state index in [0.29, 0.717) is 29.9 Å². The maximum absolute atomic E-state index is 12.9. The summed E-state index contributed by atoms with van der Waals surface area (Å²) in [5.74, 6) is -0.657. The molecular weight excluding hydrogens is 425 g/mol. The summed E-state index contributed by atoms with van der Waals surface area (Å²) in [6, 6.07) is 3.73. The highest BCUT2D eigenvalue weighted by molar-refractivity contribution is 5.76. The number of nitrogens with zero attached hydrogens (tertiary/aromatic N) is 5. The van der Waals surface area contributed by atoms with Crippen molar-refractivity contribution >= 4 is 11.7 Å². The van der Waals surface area contributed by atoms with Crippen molar-refractivity contribution in [2.75, 3.05) is 19.6 Å². The van der Waals surface area contributed by atoms with E-state index in [-0.39, 0.29) is 24.1 Å². The van der Waals surface area contributed by atoms with Gasteiger partial charge >= 0.3 is 6.18 Å². The minimum absolute atomic E-state index is 0.0196. The molecule has 1 N–H and O–H groups in total. The molecule has 8 nitrogen and oxygen atoms in total. The Hall–Kier alpha value is -2.95. The number of halogens is 3. The van der Waals surface area contributed by atoms with Gasteiger partial charge < -0.3 is 9.73 Å². The van der Waals surface area contributed by atoms with Crippen molar-refractivity contribution in [3.8, 4) is 0 Å².